The van der Waals surface area contributed by atoms with Crippen molar-refractivity contribution in [1.29, 1.82) is 0 Å². The molecule has 3 aromatic rings. The van der Waals surface area contributed by atoms with Crippen molar-refractivity contribution in [1.82, 2.24) is 19.8 Å². The van der Waals surface area contributed by atoms with Gasteiger partial charge in [0.15, 0.2) is 5.69 Å². The fraction of sp³-hybridized carbons (Fsp3) is 0.360. The van der Waals surface area contributed by atoms with Crippen LogP contribution in [0.25, 0.3) is 10.6 Å². The van der Waals surface area contributed by atoms with Crippen LogP contribution < -0.4 is 10.7 Å². The molecule has 1 aliphatic rings. The monoisotopic (exact) mass is 511 g/mol. The molecule has 36 heavy (non-hydrogen) atoms. The summed E-state index contributed by atoms with van der Waals surface area (Å²) >= 11 is 1.24. The molecular weight excluding hydrogens is 485 g/mol. The fourth-order valence-electron chi connectivity index (χ4n) is 4.31. The van der Waals surface area contributed by atoms with Gasteiger partial charge < -0.3 is 14.8 Å². The Hall–Kier alpha value is -3.73. The summed E-state index contributed by atoms with van der Waals surface area (Å²) in [6.45, 7) is 7.45. The number of nitrogens with zero attached hydrogens (tertiary/aromatic N) is 4. The van der Waals surface area contributed by atoms with Gasteiger partial charge in [0.25, 0.3) is 5.91 Å². The van der Waals surface area contributed by atoms with Gasteiger partial charge in [0.05, 0.1) is 12.1 Å². The van der Waals surface area contributed by atoms with E-state index in [1.54, 1.807) is 46.0 Å². The van der Waals surface area contributed by atoms with Crippen LogP contribution in [0, 0.1) is 10.7 Å². The summed E-state index contributed by atoms with van der Waals surface area (Å²) in [7, 11) is 0. The molecule has 0 bridgehead atoms. The summed E-state index contributed by atoms with van der Waals surface area (Å²) in [5.74, 6) is -1.23. The Morgan fingerprint density at radius 1 is 1.28 bits per heavy atom. The number of nitrogens with one attached hydrogen (secondary N) is 1. The first-order chi connectivity index (χ1) is 17.1. The second kappa shape index (κ2) is 9.73. The number of likely N-dealkylation sites (N-methyl/N-ethyl adjacent to an activating group) is 1. The third-order valence-electron chi connectivity index (χ3n) is 6.27. The van der Waals surface area contributed by atoms with Gasteiger partial charge in [0, 0.05) is 36.3 Å². The SMILES string of the molecule is CCNC(=O)C1(C)CN(C(C)C)C(=O)c2c(N=O)c(=O)c(-c3ncc(Cc4ccc(F)cc4)s3)cn21. The lowest BCUT2D eigenvalue weighted by molar-refractivity contribution is -0.130. The zero-order valence-corrected chi connectivity index (χ0v) is 21.2. The first-order valence-electron chi connectivity index (χ1n) is 11.5. The Morgan fingerprint density at radius 3 is 2.58 bits per heavy atom. The maximum absolute atomic E-state index is 13.4. The van der Waals surface area contributed by atoms with E-state index in [9.17, 15) is 23.7 Å². The highest BCUT2D eigenvalue weighted by atomic mass is 32.1. The lowest BCUT2D eigenvalue weighted by Gasteiger charge is -2.44. The molecule has 1 unspecified atom stereocenters. The molecule has 9 nitrogen and oxygen atoms in total. The molecule has 0 aliphatic carbocycles. The first kappa shape index (κ1) is 25.4. The smallest absolute Gasteiger partial charge is 0.273 e. The van der Waals surface area contributed by atoms with Crippen LogP contribution in [0.2, 0.25) is 0 Å². The average molecular weight is 512 g/mol. The van der Waals surface area contributed by atoms with E-state index in [1.165, 1.54) is 39.1 Å². The zero-order valence-electron chi connectivity index (χ0n) is 20.4. The van der Waals surface area contributed by atoms with Crippen LogP contribution in [0.3, 0.4) is 0 Å². The van der Waals surface area contributed by atoms with Gasteiger partial charge in [0.2, 0.25) is 11.3 Å². The summed E-state index contributed by atoms with van der Waals surface area (Å²) in [4.78, 5) is 58.5. The Labute approximate surface area is 210 Å². The standard InChI is InChI=1S/C25H26FN5O4S/c1-5-27-24(34)25(4)13-30(14(2)3)23(33)20-19(29-35)21(32)18(12-31(20)25)22-28-11-17(36-22)10-15-6-8-16(26)9-7-15/h6-9,11-12,14H,5,10,13H2,1-4H3,(H,27,34). The summed E-state index contributed by atoms with van der Waals surface area (Å²) in [6, 6.07) is 5.80. The van der Waals surface area contributed by atoms with E-state index in [1.807, 2.05) is 0 Å². The van der Waals surface area contributed by atoms with E-state index in [-0.39, 0.29) is 35.6 Å². The third-order valence-corrected chi connectivity index (χ3v) is 7.30. The minimum absolute atomic E-state index is 0.0522. The normalized spacial score (nSPS) is 17.3. The average Bonchev–Trinajstić information content (AvgIpc) is 3.30. The molecule has 0 saturated heterocycles. The number of fused-ring (bicyclic) bond motifs is 1. The largest absolute Gasteiger partial charge is 0.354 e. The van der Waals surface area contributed by atoms with Crippen LogP contribution >= 0.6 is 11.3 Å². The van der Waals surface area contributed by atoms with E-state index in [4.69, 9.17) is 0 Å². The quantitative estimate of drug-likeness (QED) is 0.485. The van der Waals surface area contributed by atoms with Crippen molar-refractivity contribution in [3.8, 4) is 10.6 Å². The highest BCUT2D eigenvalue weighted by Gasteiger charge is 2.47. The zero-order chi connectivity index (χ0) is 26.2. The molecule has 0 saturated carbocycles. The number of pyridine rings is 1. The number of carbonyl (C=O) groups is 2. The summed E-state index contributed by atoms with van der Waals surface area (Å²) in [5, 5.41) is 6.07. The number of hydrogen-bond acceptors (Lipinski definition) is 7. The second-order valence-corrected chi connectivity index (χ2v) is 10.2. The number of benzene rings is 1. The maximum atomic E-state index is 13.4. The van der Waals surface area contributed by atoms with Crippen LogP contribution in [0.15, 0.2) is 46.6 Å². The second-order valence-electron chi connectivity index (χ2n) is 9.13. The molecule has 11 heteroatoms. The minimum atomic E-state index is -1.29. The van der Waals surface area contributed by atoms with Crippen LogP contribution in [0.5, 0.6) is 0 Å². The highest BCUT2D eigenvalue weighted by molar-refractivity contribution is 7.15. The molecule has 1 N–H and O–H groups in total. The maximum Gasteiger partial charge on any atom is 0.273 e. The van der Waals surface area contributed by atoms with E-state index >= 15 is 0 Å². The van der Waals surface area contributed by atoms with Crippen molar-refractivity contribution in [2.24, 2.45) is 5.18 Å². The van der Waals surface area contributed by atoms with Crippen LogP contribution in [0.1, 0.15) is 48.6 Å². The molecule has 1 aromatic carbocycles. The molecule has 0 spiro atoms. The highest BCUT2D eigenvalue weighted by Crippen LogP contribution is 2.35. The van der Waals surface area contributed by atoms with Crippen LogP contribution in [-0.2, 0) is 16.8 Å². The summed E-state index contributed by atoms with van der Waals surface area (Å²) < 4.78 is 14.6. The van der Waals surface area contributed by atoms with Crippen LogP contribution in [-0.4, -0.2) is 45.4 Å². The number of rotatable bonds is 7. The predicted octanol–water partition coefficient (Wildman–Crippen LogP) is 3.82. The van der Waals surface area contributed by atoms with Gasteiger partial charge in [-0.25, -0.2) is 9.37 Å². The molecule has 3 heterocycles. The lowest BCUT2D eigenvalue weighted by atomic mass is 9.93. The number of thiazole rings is 1. The molecule has 2 aromatic heterocycles. The van der Waals surface area contributed by atoms with Gasteiger partial charge in [-0.05, 0) is 50.6 Å². The minimum Gasteiger partial charge on any atom is -0.354 e. The number of amides is 2. The van der Waals surface area contributed by atoms with Crippen LogP contribution in [0.4, 0.5) is 10.1 Å². The number of hydrogen-bond donors (Lipinski definition) is 1. The van der Waals surface area contributed by atoms with Gasteiger partial charge in [-0.2, -0.15) is 0 Å². The number of aromatic nitrogens is 2. The molecular formula is C25H26FN5O4S. The fourth-order valence-corrected chi connectivity index (χ4v) is 5.27. The van der Waals surface area contributed by atoms with Crippen molar-refractivity contribution in [2.75, 3.05) is 13.1 Å². The molecule has 188 valence electrons. The third kappa shape index (κ3) is 4.34. The van der Waals surface area contributed by atoms with Crippen molar-refractivity contribution < 1.29 is 14.0 Å². The van der Waals surface area contributed by atoms with Crippen molar-refractivity contribution >= 4 is 28.8 Å². The first-order valence-corrected chi connectivity index (χ1v) is 12.3. The predicted molar refractivity (Wildman–Crippen MR) is 135 cm³/mol. The van der Waals surface area contributed by atoms with Crippen molar-refractivity contribution in [2.45, 2.75) is 45.7 Å². The van der Waals surface area contributed by atoms with E-state index in [2.05, 4.69) is 15.5 Å². The van der Waals surface area contributed by atoms with Gasteiger partial charge in [0.1, 0.15) is 22.1 Å². The van der Waals surface area contributed by atoms with Crippen molar-refractivity contribution in [3.05, 3.63) is 73.7 Å². The van der Waals surface area contributed by atoms with Gasteiger partial charge in [-0.15, -0.1) is 16.2 Å². The topological polar surface area (TPSA) is 114 Å². The summed E-state index contributed by atoms with van der Waals surface area (Å²) in [6.07, 6.45) is 3.51. The van der Waals surface area contributed by atoms with Gasteiger partial charge in [-0.3, -0.25) is 14.4 Å². The molecule has 2 amide bonds. The molecule has 1 aliphatic heterocycles. The van der Waals surface area contributed by atoms with E-state index < -0.39 is 22.6 Å². The number of carbonyl (C=O) groups excluding carboxylic acids is 2. The molecule has 0 fully saturated rings. The lowest BCUT2D eigenvalue weighted by Crippen LogP contribution is -2.61. The van der Waals surface area contributed by atoms with Gasteiger partial charge in [-0.1, -0.05) is 12.1 Å². The Kier molecular flexibility index (Phi) is 6.85. The number of nitroso groups, excluding NO2 is 1. The van der Waals surface area contributed by atoms with Gasteiger partial charge >= 0.3 is 0 Å². The van der Waals surface area contributed by atoms with E-state index in [0.717, 1.165) is 10.4 Å². The molecule has 4 rings (SSSR count). The van der Waals surface area contributed by atoms with Crippen molar-refractivity contribution in [3.63, 3.8) is 0 Å². The Bertz CT molecular complexity index is 1400. The summed E-state index contributed by atoms with van der Waals surface area (Å²) in [5.41, 5.74) is -1.84. The Morgan fingerprint density at radius 2 is 1.97 bits per heavy atom. The number of halogens is 1. The molecule has 1 atom stereocenters. The van der Waals surface area contributed by atoms with E-state index in [0.29, 0.717) is 18.0 Å². The Balaban J connectivity index is 1.87. The molecule has 0 radical (unpaired) electrons.